The summed E-state index contributed by atoms with van der Waals surface area (Å²) in [6.45, 7) is 1.09. The first-order valence-electron chi connectivity index (χ1n) is 7.61. The lowest BCUT2D eigenvalue weighted by molar-refractivity contribution is 0.0955. The van der Waals surface area contributed by atoms with E-state index in [1.54, 1.807) is 36.9 Å². The zero-order valence-electron chi connectivity index (χ0n) is 13.0. The fraction of sp³-hybridized carbons (Fsp3) is 0.111. The van der Waals surface area contributed by atoms with Crippen molar-refractivity contribution >= 4 is 11.7 Å². The Morgan fingerprint density at radius 2 is 1.75 bits per heavy atom. The molecule has 6 heteroatoms. The third kappa shape index (κ3) is 4.13. The zero-order chi connectivity index (χ0) is 16.6. The largest absolute Gasteiger partial charge is 0.368 e. The van der Waals surface area contributed by atoms with Crippen molar-refractivity contribution < 1.29 is 4.79 Å². The maximum absolute atomic E-state index is 11.9. The number of pyridine rings is 3. The van der Waals surface area contributed by atoms with Crippen LogP contribution in [0.25, 0.3) is 11.1 Å². The highest BCUT2D eigenvalue weighted by Crippen LogP contribution is 2.18. The number of hydrogen-bond acceptors (Lipinski definition) is 5. The maximum atomic E-state index is 11.9. The molecule has 3 rings (SSSR count). The molecule has 3 aromatic rings. The number of aromatic nitrogens is 3. The van der Waals surface area contributed by atoms with Crippen LogP contribution < -0.4 is 10.6 Å². The first kappa shape index (κ1) is 15.6. The van der Waals surface area contributed by atoms with Crippen LogP contribution in [0.5, 0.6) is 0 Å². The highest BCUT2D eigenvalue weighted by molar-refractivity contribution is 5.93. The molecule has 2 N–H and O–H groups in total. The predicted molar refractivity (Wildman–Crippen MR) is 92.5 cm³/mol. The molecule has 0 fully saturated rings. The summed E-state index contributed by atoms with van der Waals surface area (Å²) in [6, 6.07) is 11.3. The summed E-state index contributed by atoms with van der Waals surface area (Å²) >= 11 is 0. The standard InChI is InChI=1S/C18H17N5O/c24-18(16-2-1-7-20-12-16)22-11-10-21-17-4-3-15(13-23-17)14-5-8-19-9-6-14/h1-9,12-13H,10-11H2,(H,21,23)(H,22,24). The predicted octanol–water partition coefficient (Wildman–Crippen LogP) is 2.38. The fourth-order valence-electron chi connectivity index (χ4n) is 2.18. The summed E-state index contributed by atoms with van der Waals surface area (Å²) in [7, 11) is 0. The minimum Gasteiger partial charge on any atom is -0.368 e. The van der Waals surface area contributed by atoms with E-state index in [2.05, 4.69) is 25.6 Å². The van der Waals surface area contributed by atoms with Crippen LogP contribution in [-0.4, -0.2) is 33.9 Å². The minimum atomic E-state index is -0.133. The van der Waals surface area contributed by atoms with E-state index in [0.29, 0.717) is 18.7 Å². The molecule has 0 aromatic carbocycles. The highest BCUT2D eigenvalue weighted by Gasteiger charge is 2.03. The van der Waals surface area contributed by atoms with Gasteiger partial charge in [0.2, 0.25) is 0 Å². The van der Waals surface area contributed by atoms with E-state index in [0.717, 1.165) is 16.9 Å². The monoisotopic (exact) mass is 319 g/mol. The SMILES string of the molecule is O=C(NCCNc1ccc(-c2ccncc2)cn1)c1cccnc1. The zero-order valence-corrected chi connectivity index (χ0v) is 13.0. The topological polar surface area (TPSA) is 79.8 Å². The molecule has 3 aromatic heterocycles. The van der Waals surface area contributed by atoms with E-state index in [1.165, 1.54) is 0 Å². The van der Waals surface area contributed by atoms with Gasteiger partial charge < -0.3 is 10.6 Å². The molecule has 1 amide bonds. The van der Waals surface area contributed by atoms with Crippen LogP contribution in [0.15, 0.2) is 67.4 Å². The second-order valence-corrected chi connectivity index (χ2v) is 5.09. The number of nitrogens with zero attached hydrogens (tertiary/aromatic N) is 3. The summed E-state index contributed by atoms with van der Waals surface area (Å²) < 4.78 is 0. The molecule has 0 atom stereocenters. The van der Waals surface area contributed by atoms with Gasteiger partial charge in [0.1, 0.15) is 5.82 Å². The second kappa shape index (κ2) is 7.82. The van der Waals surface area contributed by atoms with E-state index in [9.17, 15) is 4.79 Å². The van der Waals surface area contributed by atoms with Crippen LogP contribution in [0.4, 0.5) is 5.82 Å². The fourth-order valence-corrected chi connectivity index (χ4v) is 2.18. The number of hydrogen-bond donors (Lipinski definition) is 2. The van der Waals surface area contributed by atoms with Gasteiger partial charge in [0.05, 0.1) is 5.56 Å². The molecule has 0 aliphatic heterocycles. The number of carbonyl (C=O) groups is 1. The van der Waals surface area contributed by atoms with Crippen molar-refractivity contribution in [2.75, 3.05) is 18.4 Å². The van der Waals surface area contributed by atoms with Crippen molar-refractivity contribution in [2.24, 2.45) is 0 Å². The van der Waals surface area contributed by atoms with Gasteiger partial charge in [-0.2, -0.15) is 0 Å². The lowest BCUT2D eigenvalue weighted by atomic mass is 10.1. The lowest BCUT2D eigenvalue weighted by Crippen LogP contribution is -2.28. The van der Waals surface area contributed by atoms with Gasteiger partial charge in [0.15, 0.2) is 0 Å². The third-order valence-corrected chi connectivity index (χ3v) is 3.42. The molecular weight excluding hydrogens is 302 g/mol. The average Bonchev–Trinajstić information content (AvgIpc) is 2.67. The molecule has 0 saturated heterocycles. The molecule has 0 spiro atoms. The van der Waals surface area contributed by atoms with Gasteiger partial charge in [0, 0.05) is 49.6 Å². The van der Waals surface area contributed by atoms with Gasteiger partial charge in [-0.1, -0.05) is 0 Å². The molecule has 6 nitrogen and oxygen atoms in total. The molecule has 120 valence electrons. The molecule has 0 bridgehead atoms. The van der Waals surface area contributed by atoms with E-state index >= 15 is 0 Å². The summed E-state index contributed by atoms with van der Waals surface area (Å²) in [4.78, 5) is 24.2. The third-order valence-electron chi connectivity index (χ3n) is 3.42. The Labute approximate surface area is 140 Å². The maximum Gasteiger partial charge on any atom is 0.252 e. The Balaban J connectivity index is 1.46. The minimum absolute atomic E-state index is 0.133. The number of carbonyl (C=O) groups excluding carboxylic acids is 1. The van der Waals surface area contributed by atoms with Crippen LogP contribution in [0.1, 0.15) is 10.4 Å². The average molecular weight is 319 g/mol. The van der Waals surface area contributed by atoms with Gasteiger partial charge in [-0.15, -0.1) is 0 Å². The van der Waals surface area contributed by atoms with Crippen LogP contribution in [-0.2, 0) is 0 Å². The Morgan fingerprint density at radius 1 is 0.875 bits per heavy atom. The van der Waals surface area contributed by atoms with Crippen molar-refractivity contribution in [3.05, 3.63) is 72.9 Å². The second-order valence-electron chi connectivity index (χ2n) is 5.09. The molecule has 0 aliphatic rings. The van der Waals surface area contributed by atoms with Crippen molar-refractivity contribution in [2.45, 2.75) is 0 Å². The van der Waals surface area contributed by atoms with Gasteiger partial charge in [0.25, 0.3) is 5.91 Å². The molecule has 0 saturated carbocycles. The Hall–Kier alpha value is -3.28. The van der Waals surface area contributed by atoms with Crippen molar-refractivity contribution in [1.29, 1.82) is 0 Å². The van der Waals surface area contributed by atoms with E-state index in [-0.39, 0.29) is 5.91 Å². The lowest BCUT2D eigenvalue weighted by Gasteiger charge is -2.08. The summed E-state index contributed by atoms with van der Waals surface area (Å²) in [5.74, 6) is 0.634. The van der Waals surface area contributed by atoms with E-state index in [4.69, 9.17) is 0 Å². The smallest absolute Gasteiger partial charge is 0.252 e. The van der Waals surface area contributed by atoms with Crippen molar-refractivity contribution in [1.82, 2.24) is 20.3 Å². The normalized spacial score (nSPS) is 10.2. The van der Waals surface area contributed by atoms with Crippen LogP contribution >= 0.6 is 0 Å². The summed E-state index contributed by atoms with van der Waals surface area (Å²) in [5, 5.41) is 6.01. The number of nitrogens with one attached hydrogen (secondary N) is 2. The quantitative estimate of drug-likeness (QED) is 0.682. The molecule has 0 unspecified atom stereocenters. The van der Waals surface area contributed by atoms with Crippen LogP contribution in [0.3, 0.4) is 0 Å². The number of rotatable bonds is 6. The van der Waals surface area contributed by atoms with Gasteiger partial charge in [-0.05, 0) is 42.0 Å². The van der Waals surface area contributed by atoms with Crippen LogP contribution in [0, 0.1) is 0 Å². The van der Waals surface area contributed by atoms with Gasteiger partial charge in [-0.25, -0.2) is 4.98 Å². The highest BCUT2D eigenvalue weighted by atomic mass is 16.1. The van der Waals surface area contributed by atoms with Crippen molar-refractivity contribution in [3.63, 3.8) is 0 Å². The van der Waals surface area contributed by atoms with E-state index < -0.39 is 0 Å². The Morgan fingerprint density at radius 3 is 2.46 bits per heavy atom. The van der Waals surface area contributed by atoms with Gasteiger partial charge >= 0.3 is 0 Å². The number of anilines is 1. The van der Waals surface area contributed by atoms with Gasteiger partial charge in [-0.3, -0.25) is 14.8 Å². The summed E-state index contributed by atoms with van der Waals surface area (Å²) in [6.07, 6.45) is 8.51. The molecule has 3 heterocycles. The Bertz CT molecular complexity index is 776. The van der Waals surface area contributed by atoms with E-state index in [1.807, 2.05) is 30.5 Å². The van der Waals surface area contributed by atoms with Crippen molar-refractivity contribution in [3.8, 4) is 11.1 Å². The molecule has 0 aliphatic carbocycles. The molecule has 0 radical (unpaired) electrons. The molecule has 24 heavy (non-hydrogen) atoms. The van der Waals surface area contributed by atoms with Crippen LogP contribution in [0.2, 0.25) is 0 Å². The first-order chi connectivity index (χ1) is 11.8. The summed E-state index contributed by atoms with van der Waals surface area (Å²) in [5.41, 5.74) is 2.66. The first-order valence-corrected chi connectivity index (χ1v) is 7.61. The number of amides is 1. The Kier molecular flexibility index (Phi) is 5.09. The molecular formula is C18H17N5O.